The predicted molar refractivity (Wildman–Crippen MR) is 128 cm³/mol. The Morgan fingerprint density at radius 2 is 1.38 bits per heavy atom. The second-order valence-electron chi connectivity index (χ2n) is 7.78. The third kappa shape index (κ3) is 5.66. The fourth-order valence-electron chi connectivity index (χ4n) is 3.56. The molecule has 0 aliphatic carbocycles. The Hall–Kier alpha value is -4.02. The van der Waals surface area contributed by atoms with Crippen molar-refractivity contribution in [2.45, 2.75) is 6.54 Å². The van der Waals surface area contributed by atoms with Crippen LogP contribution in [-0.4, -0.2) is 4.98 Å². The molecule has 0 spiro atoms. The van der Waals surface area contributed by atoms with Crippen LogP contribution >= 0.6 is 0 Å². The average molecular weight is 469 g/mol. The fourth-order valence-corrected chi connectivity index (χ4v) is 3.56. The number of hydrogen-bond donors (Lipinski definition) is 0. The molecule has 0 saturated heterocycles. The van der Waals surface area contributed by atoms with Gasteiger partial charge in [-0.15, -0.1) is 0 Å². The summed E-state index contributed by atoms with van der Waals surface area (Å²) >= 11 is 0. The van der Waals surface area contributed by atoms with Crippen molar-refractivity contribution in [1.29, 1.82) is 0 Å². The molecule has 5 rings (SSSR count). The molecular formula is C29H22ClFN2O. The summed E-state index contributed by atoms with van der Waals surface area (Å²) in [6.45, 7) is 0.773. The van der Waals surface area contributed by atoms with Gasteiger partial charge in [0.05, 0.1) is 6.20 Å². The lowest BCUT2D eigenvalue weighted by Crippen LogP contribution is -3.00. The van der Waals surface area contributed by atoms with Crippen molar-refractivity contribution >= 4 is 12.2 Å². The Labute approximate surface area is 204 Å². The van der Waals surface area contributed by atoms with E-state index in [0.29, 0.717) is 11.7 Å². The van der Waals surface area contributed by atoms with Crippen molar-refractivity contribution in [3.63, 3.8) is 0 Å². The van der Waals surface area contributed by atoms with E-state index in [1.165, 1.54) is 28.8 Å². The van der Waals surface area contributed by atoms with Crippen LogP contribution in [0.2, 0.25) is 0 Å². The van der Waals surface area contributed by atoms with E-state index in [9.17, 15) is 4.39 Å². The Balaban J connectivity index is 0.00000274. The molecule has 2 heterocycles. The predicted octanol–water partition coefficient (Wildman–Crippen LogP) is 3.66. The van der Waals surface area contributed by atoms with Crippen molar-refractivity contribution in [2.24, 2.45) is 0 Å². The van der Waals surface area contributed by atoms with Gasteiger partial charge in [-0.05, 0) is 35.4 Å². The second-order valence-corrected chi connectivity index (χ2v) is 7.78. The highest BCUT2D eigenvalue weighted by atomic mass is 35.5. The SMILES string of the molecule is Fc1ccc(-c2cnc(-c3cc[n+](Cc4ccc(/C=C/c5ccccc5)cc4)cc3)o2)cc1.[Cl-]. The van der Waals surface area contributed by atoms with E-state index in [-0.39, 0.29) is 18.2 Å². The first-order chi connectivity index (χ1) is 16.2. The van der Waals surface area contributed by atoms with E-state index in [1.54, 1.807) is 18.3 Å². The number of pyridine rings is 1. The lowest BCUT2D eigenvalue weighted by molar-refractivity contribution is -0.688. The summed E-state index contributed by atoms with van der Waals surface area (Å²) in [6.07, 6.45) is 9.93. The van der Waals surface area contributed by atoms with Crippen LogP contribution in [-0.2, 0) is 6.54 Å². The molecule has 0 aliphatic rings. The molecule has 0 radical (unpaired) electrons. The van der Waals surface area contributed by atoms with Crippen LogP contribution in [0.4, 0.5) is 4.39 Å². The van der Waals surface area contributed by atoms with Crippen molar-refractivity contribution in [3.8, 4) is 22.8 Å². The van der Waals surface area contributed by atoms with Crippen LogP contribution in [0.3, 0.4) is 0 Å². The molecule has 0 saturated carbocycles. The number of benzene rings is 3. The van der Waals surface area contributed by atoms with Gasteiger partial charge >= 0.3 is 0 Å². The number of aromatic nitrogens is 2. The zero-order valence-electron chi connectivity index (χ0n) is 18.3. The number of nitrogens with zero attached hydrogens (tertiary/aromatic N) is 2. The van der Waals surface area contributed by atoms with Crippen LogP contribution in [0.5, 0.6) is 0 Å². The van der Waals surface area contributed by atoms with E-state index in [4.69, 9.17) is 4.42 Å². The highest BCUT2D eigenvalue weighted by Gasteiger charge is 2.11. The van der Waals surface area contributed by atoms with Gasteiger partial charge in [0.25, 0.3) is 0 Å². The summed E-state index contributed by atoms with van der Waals surface area (Å²) < 4.78 is 21.1. The molecule has 34 heavy (non-hydrogen) atoms. The number of rotatable bonds is 6. The van der Waals surface area contributed by atoms with Gasteiger partial charge in [0, 0.05) is 28.8 Å². The minimum Gasteiger partial charge on any atom is -1.00 e. The van der Waals surface area contributed by atoms with Crippen LogP contribution in [0, 0.1) is 5.82 Å². The van der Waals surface area contributed by atoms with E-state index in [2.05, 4.69) is 58.1 Å². The molecule has 3 aromatic carbocycles. The second kappa shape index (κ2) is 10.7. The van der Waals surface area contributed by atoms with Crippen molar-refractivity contribution < 1.29 is 25.8 Å². The maximum absolute atomic E-state index is 13.1. The summed E-state index contributed by atoms with van der Waals surface area (Å²) in [4.78, 5) is 4.37. The zero-order chi connectivity index (χ0) is 22.5. The Morgan fingerprint density at radius 3 is 2.06 bits per heavy atom. The summed E-state index contributed by atoms with van der Waals surface area (Å²) in [6, 6.07) is 29.0. The van der Waals surface area contributed by atoms with Crippen molar-refractivity contribution in [1.82, 2.24) is 4.98 Å². The molecule has 168 valence electrons. The first-order valence-corrected chi connectivity index (χ1v) is 10.8. The number of hydrogen-bond acceptors (Lipinski definition) is 2. The van der Waals surface area contributed by atoms with Gasteiger partial charge in [-0.3, -0.25) is 0 Å². The maximum atomic E-state index is 13.1. The van der Waals surface area contributed by atoms with Crippen LogP contribution in [0.15, 0.2) is 114 Å². The average Bonchev–Trinajstić information content (AvgIpc) is 3.36. The van der Waals surface area contributed by atoms with Gasteiger partial charge in [0.2, 0.25) is 5.89 Å². The smallest absolute Gasteiger partial charge is 0.227 e. The standard InChI is InChI=1S/C29H22FN2O.ClH/c30-27-14-12-25(13-15-27)28-20-31-29(33-28)26-16-18-32(19-17-26)21-24-10-8-23(9-11-24)7-6-22-4-2-1-3-5-22;/h1-20H,21H2;1H/q+1;/p-1/b7-6+;. The van der Waals surface area contributed by atoms with Crippen LogP contribution in [0.1, 0.15) is 16.7 Å². The molecule has 0 fully saturated rings. The zero-order valence-corrected chi connectivity index (χ0v) is 19.1. The summed E-state index contributed by atoms with van der Waals surface area (Å²) in [7, 11) is 0. The Kier molecular flexibility index (Phi) is 7.31. The molecule has 5 aromatic rings. The van der Waals surface area contributed by atoms with Crippen molar-refractivity contribution in [3.05, 3.63) is 132 Å². The van der Waals surface area contributed by atoms with Gasteiger partial charge in [-0.1, -0.05) is 66.7 Å². The molecule has 0 N–H and O–H groups in total. The number of halogens is 2. The lowest BCUT2D eigenvalue weighted by Gasteiger charge is -2.01. The largest absolute Gasteiger partial charge is 1.00 e. The molecule has 0 unspecified atom stereocenters. The third-order valence-corrected chi connectivity index (χ3v) is 5.39. The summed E-state index contributed by atoms with van der Waals surface area (Å²) in [5.41, 5.74) is 5.26. The van der Waals surface area contributed by atoms with Gasteiger partial charge < -0.3 is 16.8 Å². The highest BCUT2D eigenvalue weighted by molar-refractivity contribution is 5.69. The topological polar surface area (TPSA) is 29.9 Å². The molecule has 0 atom stereocenters. The first kappa shape index (κ1) is 23.1. The molecule has 0 amide bonds. The summed E-state index contributed by atoms with van der Waals surface area (Å²) in [5.74, 6) is 0.878. The highest BCUT2D eigenvalue weighted by Crippen LogP contribution is 2.25. The molecular weight excluding hydrogens is 447 g/mol. The maximum Gasteiger partial charge on any atom is 0.227 e. The Morgan fingerprint density at radius 1 is 0.735 bits per heavy atom. The van der Waals surface area contributed by atoms with E-state index >= 15 is 0 Å². The van der Waals surface area contributed by atoms with Crippen LogP contribution in [0.25, 0.3) is 34.9 Å². The van der Waals surface area contributed by atoms with Gasteiger partial charge in [-0.2, -0.15) is 0 Å². The first-order valence-electron chi connectivity index (χ1n) is 10.8. The summed E-state index contributed by atoms with van der Waals surface area (Å²) in [5, 5.41) is 0. The normalized spacial score (nSPS) is 10.9. The molecule has 3 nitrogen and oxygen atoms in total. The Bertz CT molecular complexity index is 1360. The monoisotopic (exact) mass is 468 g/mol. The van der Waals surface area contributed by atoms with Crippen molar-refractivity contribution in [2.75, 3.05) is 0 Å². The minimum absolute atomic E-state index is 0. The molecule has 2 aromatic heterocycles. The van der Waals surface area contributed by atoms with E-state index < -0.39 is 0 Å². The van der Waals surface area contributed by atoms with E-state index in [0.717, 1.165) is 17.7 Å². The van der Waals surface area contributed by atoms with Crippen LogP contribution < -0.4 is 17.0 Å². The molecule has 0 bridgehead atoms. The molecule has 5 heteroatoms. The number of oxazole rings is 1. The minimum atomic E-state index is -0.274. The van der Waals surface area contributed by atoms with Gasteiger partial charge in [0.15, 0.2) is 24.7 Å². The molecule has 0 aliphatic heterocycles. The third-order valence-electron chi connectivity index (χ3n) is 5.39. The quantitative estimate of drug-likeness (QED) is 0.281. The van der Waals surface area contributed by atoms with Gasteiger partial charge in [0.1, 0.15) is 5.82 Å². The van der Waals surface area contributed by atoms with Gasteiger partial charge in [-0.25, -0.2) is 13.9 Å². The van der Waals surface area contributed by atoms with E-state index in [1.807, 2.05) is 42.7 Å². The fraction of sp³-hybridized carbons (Fsp3) is 0.0345. The lowest BCUT2D eigenvalue weighted by atomic mass is 10.1.